The van der Waals surface area contributed by atoms with Gasteiger partial charge in [-0.2, -0.15) is 0 Å². The normalized spacial score (nSPS) is 10.8. The first kappa shape index (κ1) is 15.0. The van der Waals surface area contributed by atoms with Crippen molar-refractivity contribution in [3.63, 3.8) is 0 Å². The first-order valence-electron chi connectivity index (χ1n) is 6.36. The van der Waals surface area contributed by atoms with Gasteiger partial charge in [0.15, 0.2) is 0 Å². The van der Waals surface area contributed by atoms with Crippen molar-refractivity contribution >= 4 is 47.8 Å². The summed E-state index contributed by atoms with van der Waals surface area (Å²) >= 11 is 10.6. The molecule has 21 heavy (non-hydrogen) atoms. The molecule has 0 spiro atoms. The van der Waals surface area contributed by atoms with Crippen LogP contribution < -0.4 is 0 Å². The molecule has 0 saturated carbocycles. The van der Waals surface area contributed by atoms with Crippen molar-refractivity contribution < 1.29 is 0 Å². The Balaban J connectivity index is 1.87. The van der Waals surface area contributed by atoms with E-state index in [4.69, 9.17) is 0 Å². The first-order chi connectivity index (χ1) is 10.1. The molecule has 0 saturated heterocycles. The summed E-state index contributed by atoms with van der Waals surface area (Å²) in [5.41, 5.74) is 3.37. The van der Waals surface area contributed by atoms with Gasteiger partial charge < -0.3 is 4.98 Å². The topological polar surface area (TPSA) is 28.7 Å². The number of benzene rings is 2. The van der Waals surface area contributed by atoms with Gasteiger partial charge in [0.2, 0.25) is 0 Å². The van der Waals surface area contributed by atoms with E-state index in [2.05, 4.69) is 76.0 Å². The third-order valence-electron chi connectivity index (χ3n) is 3.16. The summed E-state index contributed by atoms with van der Waals surface area (Å²) in [6.45, 7) is 0. The largest absolute Gasteiger partial charge is 0.342 e. The summed E-state index contributed by atoms with van der Waals surface area (Å²) in [4.78, 5) is 7.86. The van der Waals surface area contributed by atoms with Crippen LogP contribution in [0.3, 0.4) is 0 Å². The number of aromatic amines is 1. The lowest BCUT2D eigenvalue weighted by Gasteiger charge is -2.05. The Morgan fingerprint density at radius 2 is 1.62 bits per heavy atom. The van der Waals surface area contributed by atoms with Crippen LogP contribution in [0.15, 0.2) is 62.1 Å². The van der Waals surface area contributed by atoms with E-state index in [-0.39, 0.29) is 0 Å². The molecule has 0 amide bonds. The molecular weight excluding hydrogens is 460 g/mol. The summed E-state index contributed by atoms with van der Waals surface area (Å²) in [5, 5.41) is 0. The van der Waals surface area contributed by atoms with E-state index >= 15 is 0 Å². The van der Waals surface area contributed by atoms with Crippen molar-refractivity contribution in [3.05, 3.63) is 73.5 Å². The number of aromatic nitrogens is 2. The summed E-state index contributed by atoms with van der Waals surface area (Å²) < 4.78 is 3.13. The summed E-state index contributed by atoms with van der Waals surface area (Å²) in [5.74, 6) is 0.948. The predicted octanol–water partition coefficient (Wildman–Crippen LogP) is 5.96. The lowest BCUT2D eigenvalue weighted by molar-refractivity contribution is 1.02. The fourth-order valence-corrected chi connectivity index (χ4v) is 3.62. The summed E-state index contributed by atoms with van der Waals surface area (Å²) in [7, 11) is 0. The van der Waals surface area contributed by atoms with E-state index in [1.165, 1.54) is 5.56 Å². The standard InChI is InChI=1S/C16H11Br3N2/c17-12-8-14(19)13(18)6-11(12)7-16-20-9-15(21-16)10-4-2-1-3-5-10/h1-6,8-9H,7H2,(H,20,21). The molecular formula is C16H11Br3N2. The van der Waals surface area contributed by atoms with E-state index in [1.807, 2.05) is 30.5 Å². The molecule has 0 fully saturated rings. The summed E-state index contributed by atoms with van der Waals surface area (Å²) in [6, 6.07) is 14.3. The number of hydrogen-bond donors (Lipinski definition) is 1. The van der Waals surface area contributed by atoms with Crippen molar-refractivity contribution in [2.24, 2.45) is 0 Å². The molecule has 3 rings (SSSR count). The molecule has 1 N–H and O–H groups in total. The maximum atomic E-state index is 4.48. The van der Waals surface area contributed by atoms with Gasteiger partial charge in [0.05, 0.1) is 11.9 Å². The molecule has 106 valence electrons. The minimum Gasteiger partial charge on any atom is -0.342 e. The van der Waals surface area contributed by atoms with Gasteiger partial charge in [-0.25, -0.2) is 4.98 Å². The SMILES string of the molecule is Brc1cc(Br)c(Cc2ncc(-c3ccccc3)[nH]2)cc1Br. The van der Waals surface area contributed by atoms with E-state index in [0.717, 1.165) is 36.9 Å². The van der Waals surface area contributed by atoms with Crippen LogP contribution in [0.2, 0.25) is 0 Å². The van der Waals surface area contributed by atoms with Crippen molar-refractivity contribution in [1.29, 1.82) is 0 Å². The highest BCUT2D eigenvalue weighted by molar-refractivity contribution is 9.13. The van der Waals surface area contributed by atoms with Crippen LogP contribution in [-0.4, -0.2) is 9.97 Å². The minimum atomic E-state index is 0.749. The Bertz CT molecular complexity index is 766. The molecule has 2 aromatic carbocycles. The zero-order valence-electron chi connectivity index (χ0n) is 10.9. The highest BCUT2D eigenvalue weighted by Gasteiger charge is 2.09. The molecule has 1 heterocycles. The molecule has 5 heteroatoms. The van der Waals surface area contributed by atoms with E-state index in [0.29, 0.717) is 0 Å². The Morgan fingerprint density at radius 1 is 0.905 bits per heavy atom. The van der Waals surface area contributed by atoms with Crippen molar-refractivity contribution in [2.75, 3.05) is 0 Å². The number of H-pyrrole nitrogens is 1. The highest BCUT2D eigenvalue weighted by atomic mass is 79.9. The molecule has 2 nitrogen and oxygen atoms in total. The number of halogens is 3. The number of rotatable bonds is 3. The van der Waals surface area contributed by atoms with Crippen LogP contribution in [0.5, 0.6) is 0 Å². The second-order valence-corrected chi connectivity index (χ2v) is 7.21. The van der Waals surface area contributed by atoms with Crippen LogP contribution in [-0.2, 0) is 6.42 Å². The average Bonchev–Trinajstić information content (AvgIpc) is 2.94. The molecule has 0 aliphatic carbocycles. The smallest absolute Gasteiger partial charge is 0.110 e. The van der Waals surface area contributed by atoms with Gasteiger partial charge in [0, 0.05) is 19.8 Å². The quantitative estimate of drug-likeness (QED) is 0.470. The summed E-state index contributed by atoms with van der Waals surface area (Å²) in [6.07, 6.45) is 2.63. The van der Waals surface area contributed by atoms with Gasteiger partial charge in [-0.1, -0.05) is 46.3 Å². The Morgan fingerprint density at radius 3 is 2.38 bits per heavy atom. The number of imidazole rings is 1. The average molecular weight is 471 g/mol. The second-order valence-electron chi connectivity index (χ2n) is 4.64. The lowest BCUT2D eigenvalue weighted by Crippen LogP contribution is -1.93. The minimum absolute atomic E-state index is 0.749. The molecule has 0 atom stereocenters. The van der Waals surface area contributed by atoms with Gasteiger partial charge in [0.25, 0.3) is 0 Å². The maximum absolute atomic E-state index is 4.48. The van der Waals surface area contributed by atoms with Crippen LogP contribution in [0.1, 0.15) is 11.4 Å². The Labute approximate surface area is 148 Å². The van der Waals surface area contributed by atoms with Gasteiger partial charge in [-0.05, 0) is 55.1 Å². The van der Waals surface area contributed by atoms with Crippen molar-refractivity contribution in [1.82, 2.24) is 9.97 Å². The Hall–Kier alpha value is -0.910. The monoisotopic (exact) mass is 468 g/mol. The molecule has 1 aromatic heterocycles. The van der Waals surface area contributed by atoms with Crippen LogP contribution in [0.4, 0.5) is 0 Å². The Kier molecular flexibility index (Phi) is 4.62. The molecule has 0 unspecified atom stereocenters. The second kappa shape index (κ2) is 6.46. The van der Waals surface area contributed by atoms with Gasteiger partial charge >= 0.3 is 0 Å². The third-order valence-corrected chi connectivity index (χ3v) is 5.74. The van der Waals surface area contributed by atoms with Crippen LogP contribution in [0, 0.1) is 0 Å². The molecule has 0 radical (unpaired) electrons. The van der Waals surface area contributed by atoms with E-state index in [9.17, 15) is 0 Å². The van der Waals surface area contributed by atoms with E-state index in [1.54, 1.807) is 0 Å². The van der Waals surface area contributed by atoms with E-state index < -0.39 is 0 Å². The highest BCUT2D eigenvalue weighted by Crippen LogP contribution is 2.31. The molecule has 0 aliphatic rings. The van der Waals surface area contributed by atoms with Gasteiger partial charge in [0.1, 0.15) is 5.82 Å². The molecule has 3 aromatic rings. The number of hydrogen-bond acceptors (Lipinski definition) is 1. The first-order valence-corrected chi connectivity index (χ1v) is 8.74. The predicted molar refractivity (Wildman–Crippen MR) is 96.4 cm³/mol. The molecule has 0 bridgehead atoms. The van der Waals surface area contributed by atoms with Crippen molar-refractivity contribution in [3.8, 4) is 11.3 Å². The zero-order valence-corrected chi connectivity index (χ0v) is 15.7. The maximum Gasteiger partial charge on any atom is 0.110 e. The fourth-order valence-electron chi connectivity index (χ4n) is 2.10. The van der Waals surface area contributed by atoms with Crippen LogP contribution in [0.25, 0.3) is 11.3 Å². The van der Waals surface area contributed by atoms with Crippen molar-refractivity contribution in [2.45, 2.75) is 6.42 Å². The number of nitrogens with zero attached hydrogens (tertiary/aromatic N) is 1. The van der Waals surface area contributed by atoms with Crippen LogP contribution >= 0.6 is 47.8 Å². The molecule has 0 aliphatic heterocycles. The fraction of sp³-hybridized carbons (Fsp3) is 0.0625. The van der Waals surface area contributed by atoms with Gasteiger partial charge in [-0.15, -0.1) is 0 Å². The third kappa shape index (κ3) is 3.47. The van der Waals surface area contributed by atoms with Gasteiger partial charge in [-0.3, -0.25) is 0 Å². The lowest BCUT2D eigenvalue weighted by atomic mass is 10.1. The number of nitrogens with one attached hydrogen (secondary N) is 1. The zero-order chi connectivity index (χ0) is 14.8.